The molecule has 10 heteroatoms. The van der Waals surface area contributed by atoms with Gasteiger partial charge in [-0.2, -0.15) is 0 Å². The van der Waals surface area contributed by atoms with Gasteiger partial charge in [-0.05, 0) is 23.6 Å². The number of aliphatic carboxylic acids is 1. The lowest BCUT2D eigenvalue weighted by Gasteiger charge is -2.15. The van der Waals surface area contributed by atoms with E-state index in [0.717, 1.165) is 22.0 Å². The minimum atomic E-state index is -1.19. The van der Waals surface area contributed by atoms with Crippen LogP contribution in [0.5, 0.6) is 0 Å². The normalized spacial score (nSPS) is 12.5. The first-order chi connectivity index (χ1) is 16.3. The molecule has 0 aliphatic heterocycles. The Balaban J connectivity index is 1.42. The molecule has 0 bridgehead atoms. The van der Waals surface area contributed by atoms with Gasteiger partial charge < -0.3 is 31.8 Å². The number of hydrogen-bond acceptors (Lipinski definition) is 5. The molecule has 0 aliphatic rings. The van der Waals surface area contributed by atoms with Crippen LogP contribution in [0.15, 0.2) is 60.8 Å². The van der Waals surface area contributed by atoms with Gasteiger partial charge in [-0.3, -0.25) is 14.4 Å². The first kappa shape index (κ1) is 24.5. The summed E-state index contributed by atoms with van der Waals surface area (Å²) < 4.78 is 0. The molecule has 0 fully saturated rings. The first-order valence-electron chi connectivity index (χ1n) is 10.7. The number of nitrogens with one attached hydrogen (secondary N) is 4. The van der Waals surface area contributed by atoms with Crippen molar-refractivity contribution >= 4 is 34.6 Å². The number of fused-ring (bicyclic) bond motifs is 1. The van der Waals surface area contributed by atoms with Crippen molar-refractivity contribution in [2.45, 2.75) is 24.9 Å². The van der Waals surface area contributed by atoms with Crippen molar-refractivity contribution in [3.8, 4) is 0 Å². The number of benzene rings is 2. The quantitative estimate of drug-likeness (QED) is 0.235. The molecule has 1 aromatic heterocycles. The Morgan fingerprint density at radius 2 is 1.56 bits per heavy atom. The Hall–Kier alpha value is -4.18. The van der Waals surface area contributed by atoms with Crippen molar-refractivity contribution in [2.24, 2.45) is 5.73 Å². The zero-order valence-corrected chi connectivity index (χ0v) is 18.4. The monoisotopic (exact) mass is 465 g/mol. The minimum absolute atomic E-state index is 0.0778. The summed E-state index contributed by atoms with van der Waals surface area (Å²) >= 11 is 0. The zero-order chi connectivity index (χ0) is 24.5. The standard InChI is InChI=1S/C24H27N5O5/c25-18(10-15-6-2-1-3-7-15)23(32)28-13-21(30)27-14-22(31)29-20(24(33)34)11-16-12-26-19-9-5-4-8-17(16)19/h1-9,12,18,20,26H,10-11,13-14,25H2,(H,27,30)(H,28,32)(H,29,31)(H,33,34). The molecule has 2 atom stereocenters. The van der Waals surface area contributed by atoms with Crippen molar-refractivity contribution in [2.75, 3.05) is 13.1 Å². The van der Waals surface area contributed by atoms with Gasteiger partial charge in [-0.25, -0.2) is 4.79 Å². The van der Waals surface area contributed by atoms with E-state index in [1.54, 1.807) is 6.20 Å². The first-order valence-corrected chi connectivity index (χ1v) is 10.7. The van der Waals surface area contributed by atoms with Crippen LogP contribution in [-0.4, -0.2) is 59.0 Å². The van der Waals surface area contributed by atoms with Gasteiger partial charge in [0.25, 0.3) is 0 Å². The number of carbonyl (C=O) groups is 4. The van der Waals surface area contributed by atoms with Crippen LogP contribution in [0.4, 0.5) is 0 Å². The molecule has 0 spiro atoms. The summed E-state index contributed by atoms with van der Waals surface area (Å²) in [7, 11) is 0. The van der Waals surface area contributed by atoms with Crippen LogP contribution >= 0.6 is 0 Å². The van der Waals surface area contributed by atoms with Crippen LogP contribution in [0.1, 0.15) is 11.1 Å². The van der Waals surface area contributed by atoms with Crippen molar-refractivity contribution in [3.05, 3.63) is 71.9 Å². The molecule has 1 heterocycles. The molecule has 0 saturated carbocycles. The molecule has 34 heavy (non-hydrogen) atoms. The second kappa shape index (κ2) is 11.6. The summed E-state index contributed by atoms with van der Waals surface area (Å²) in [5.41, 5.74) is 8.38. The van der Waals surface area contributed by atoms with Crippen LogP contribution < -0.4 is 21.7 Å². The topological polar surface area (TPSA) is 166 Å². The van der Waals surface area contributed by atoms with E-state index >= 15 is 0 Å². The molecule has 3 aromatic rings. The number of aromatic amines is 1. The molecule has 10 nitrogen and oxygen atoms in total. The number of carbonyl (C=O) groups excluding carboxylic acids is 3. The maximum absolute atomic E-state index is 12.2. The summed E-state index contributed by atoms with van der Waals surface area (Å²) in [6.45, 7) is -0.783. The summed E-state index contributed by atoms with van der Waals surface area (Å²) in [6.07, 6.45) is 2.11. The number of rotatable bonds is 11. The maximum atomic E-state index is 12.2. The molecular weight excluding hydrogens is 438 g/mol. The fourth-order valence-corrected chi connectivity index (χ4v) is 3.47. The van der Waals surface area contributed by atoms with Gasteiger partial charge in [0.2, 0.25) is 17.7 Å². The fourth-order valence-electron chi connectivity index (χ4n) is 3.47. The highest BCUT2D eigenvalue weighted by atomic mass is 16.4. The average Bonchev–Trinajstić information content (AvgIpc) is 3.24. The van der Waals surface area contributed by atoms with Crippen LogP contribution in [0.2, 0.25) is 0 Å². The molecule has 2 unspecified atom stereocenters. The van der Waals surface area contributed by atoms with Crippen molar-refractivity contribution in [1.29, 1.82) is 0 Å². The van der Waals surface area contributed by atoms with Crippen LogP contribution in [0, 0.1) is 0 Å². The highest BCUT2D eigenvalue weighted by molar-refractivity contribution is 5.91. The van der Waals surface area contributed by atoms with E-state index in [2.05, 4.69) is 20.9 Å². The van der Waals surface area contributed by atoms with Gasteiger partial charge in [0.1, 0.15) is 6.04 Å². The third-order valence-electron chi connectivity index (χ3n) is 5.24. The number of para-hydroxylation sites is 1. The molecule has 7 N–H and O–H groups in total. The lowest BCUT2D eigenvalue weighted by Crippen LogP contribution is -2.49. The van der Waals surface area contributed by atoms with Crippen molar-refractivity contribution in [3.63, 3.8) is 0 Å². The molecule has 0 radical (unpaired) electrons. The number of H-pyrrole nitrogens is 1. The van der Waals surface area contributed by atoms with E-state index in [0.29, 0.717) is 6.42 Å². The number of carboxylic acid groups (broad SMARTS) is 1. The molecule has 178 valence electrons. The van der Waals surface area contributed by atoms with E-state index < -0.39 is 42.3 Å². The van der Waals surface area contributed by atoms with Gasteiger partial charge in [-0.1, -0.05) is 48.5 Å². The lowest BCUT2D eigenvalue weighted by molar-refractivity contribution is -0.141. The number of amides is 3. The SMILES string of the molecule is NC(Cc1ccccc1)C(=O)NCC(=O)NCC(=O)NC(Cc1c[nH]c2ccccc12)C(=O)O. The maximum Gasteiger partial charge on any atom is 0.326 e. The van der Waals surface area contributed by atoms with E-state index in [1.165, 1.54) is 0 Å². The van der Waals surface area contributed by atoms with E-state index in [1.807, 2.05) is 54.6 Å². The Morgan fingerprint density at radius 1 is 0.882 bits per heavy atom. The molecule has 2 aromatic carbocycles. The minimum Gasteiger partial charge on any atom is -0.480 e. The highest BCUT2D eigenvalue weighted by Crippen LogP contribution is 2.19. The Labute approximate surface area is 195 Å². The number of carboxylic acids is 1. The van der Waals surface area contributed by atoms with E-state index in [-0.39, 0.29) is 13.0 Å². The van der Waals surface area contributed by atoms with Crippen LogP contribution in [-0.2, 0) is 32.0 Å². The summed E-state index contributed by atoms with van der Waals surface area (Å²) in [5.74, 6) is -2.94. The number of hydrogen-bond donors (Lipinski definition) is 6. The smallest absolute Gasteiger partial charge is 0.326 e. The lowest BCUT2D eigenvalue weighted by atomic mass is 10.1. The summed E-state index contributed by atoms with van der Waals surface area (Å²) in [4.78, 5) is 51.0. The Morgan fingerprint density at radius 3 is 2.29 bits per heavy atom. The third-order valence-corrected chi connectivity index (χ3v) is 5.24. The third kappa shape index (κ3) is 6.91. The predicted octanol–water partition coefficient (Wildman–Crippen LogP) is 0.0822. The van der Waals surface area contributed by atoms with Gasteiger partial charge >= 0.3 is 5.97 Å². The van der Waals surface area contributed by atoms with Gasteiger partial charge in [0, 0.05) is 23.5 Å². The average molecular weight is 466 g/mol. The molecule has 0 aliphatic carbocycles. The summed E-state index contributed by atoms with van der Waals surface area (Å²) in [5, 5.41) is 17.6. The second-order valence-electron chi connectivity index (χ2n) is 7.81. The highest BCUT2D eigenvalue weighted by Gasteiger charge is 2.22. The summed E-state index contributed by atoms with van der Waals surface area (Å²) in [6, 6.07) is 14.7. The van der Waals surface area contributed by atoms with Crippen LogP contribution in [0.3, 0.4) is 0 Å². The van der Waals surface area contributed by atoms with E-state index in [9.17, 15) is 24.3 Å². The molecular formula is C24H27N5O5. The molecule has 3 rings (SSSR count). The zero-order valence-electron chi connectivity index (χ0n) is 18.4. The van der Waals surface area contributed by atoms with Gasteiger partial charge in [0.05, 0.1) is 19.1 Å². The number of aromatic nitrogens is 1. The predicted molar refractivity (Wildman–Crippen MR) is 126 cm³/mol. The van der Waals surface area contributed by atoms with Crippen molar-refractivity contribution in [1.82, 2.24) is 20.9 Å². The molecule has 3 amide bonds. The van der Waals surface area contributed by atoms with Gasteiger partial charge in [-0.15, -0.1) is 0 Å². The molecule has 0 saturated heterocycles. The number of nitrogens with two attached hydrogens (primary N) is 1. The second-order valence-corrected chi connectivity index (χ2v) is 7.81. The largest absolute Gasteiger partial charge is 0.480 e. The Bertz CT molecular complexity index is 1160. The fraction of sp³-hybridized carbons (Fsp3) is 0.250. The van der Waals surface area contributed by atoms with Crippen LogP contribution in [0.25, 0.3) is 10.9 Å². The van der Waals surface area contributed by atoms with Gasteiger partial charge in [0.15, 0.2) is 0 Å². The Kier molecular flexibility index (Phi) is 8.36. The van der Waals surface area contributed by atoms with Crippen molar-refractivity contribution < 1.29 is 24.3 Å². The van der Waals surface area contributed by atoms with E-state index in [4.69, 9.17) is 5.73 Å².